The van der Waals surface area contributed by atoms with E-state index in [1.165, 1.54) is 4.80 Å². The molecule has 0 aromatic carbocycles. The zero-order valence-electron chi connectivity index (χ0n) is 13.9. The maximum Gasteiger partial charge on any atom is 0.293 e. The van der Waals surface area contributed by atoms with Crippen molar-refractivity contribution in [3.8, 4) is 11.9 Å². The summed E-state index contributed by atoms with van der Waals surface area (Å²) in [6.07, 6.45) is 1.69. The second-order valence-corrected chi connectivity index (χ2v) is 5.45. The molecule has 0 aliphatic carbocycles. The number of nitrogens with zero attached hydrogens (tertiary/aromatic N) is 5. The van der Waals surface area contributed by atoms with Gasteiger partial charge in [0.25, 0.3) is 11.7 Å². The molecule has 2 atom stereocenters. The molecule has 130 valence electrons. The Morgan fingerprint density at radius 3 is 2.88 bits per heavy atom. The van der Waals surface area contributed by atoms with Crippen molar-refractivity contribution in [3.05, 3.63) is 36.3 Å². The van der Waals surface area contributed by atoms with Crippen molar-refractivity contribution in [2.24, 2.45) is 5.92 Å². The summed E-state index contributed by atoms with van der Waals surface area (Å²) in [6.45, 7) is 6.84. The fourth-order valence-electron chi connectivity index (χ4n) is 1.91. The quantitative estimate of drug-likeness (QED) is 0.602. The minimum absolute atomic E-state index is 0.0895. The first kappa shape index (κ1) is 17.9. The van der Waals surface area contributed by atoms with Gasteiger partial charge in [0.2, 0.25) is 5.91 Å². The Bertz CT molecular complexity index is 802. The van der Waals surface area contributed by atoms with Crippen LogP contribution in [-0.2, 0) is 4.79 Å². The summed E-state index contributed by atoms with van der Waals surface area (Å²) in [5.41, 5.74) is 0.346. The van der Waals surface area contributed by atoms with Crippen LogP contribution in [-0.4, -0.2) is 49.6 Å². The van der Waals surface area contributed by atoms with Crippen molar-refractivity contribution in [1.29, 1.82) is 5.26 Å². The molecule has 2 aromatic rings. The van der Waals surface area contributed by atoms with Crippen molar-refractivity contribution < 1.29 is 9.59 Å². The molecule has 0 saturated carbocycles. The average Bonchev–Trinajstić information content (AvgIpc) is 3.26. The predicted molar refractivity (Wildman–Crippen MR) is 87.4 cm³/mol. The Hall–Kier alpha value is -3.48. The van der Waals surface area contributed by atoms with Gasteiger partial charge < -0.3 is 15.6 Å². The first-order valence-electron chi connectivity index (χ1n) is 7.50. The SMILES string of the molecule is C=C(C)C(=O)NCC(C#N)C(C)NC(=O)c1nnn(-c2ccc[nH]2)n1. The first-order valence-corrected chi connectivity index (χ1v) is 7.50. The smallest absolute Gasteiger partial charge is 0.293 e. The number of hydrogen-bond acceptors (Lipinski definition) is 6. The number of aromatic amines is 1. The van der Waals surface area contributed by atoms with Crippen LogP contribution in [0.25, 0.3) is 5.82 Å². The Kier molecular flexibility index (Phi) is 5.62. The largest absolute Gasteiger partial charge is 0.351 e. The number of amides is 2. The number of carbonyl (C=O) groups excluding carboxylic acids is 2. The highest BCUT2D eigenvalue weighted by molar-refractivity contribution is 5.92. The minimum Gasteiger partial charge on any atom is -0.351 e. The monoisotopic (exact) mass is 342 g/mol. The number of aromatic nitrogens is 5. The van der Waals surface area contributed by atoms with Gasteiger partial charge in [-0.05, 0) is 31.2 Å². The van der Waals surface area contributed by atoms with Crippen LogP contribution in [0.2, 0.25) is 0 Å². The molecule has 10 nitrogen and oxygen atoms in total. The minimum atomic E-state index is -0.620. The highest BCUT2D eigenvalue weighted by Gasteiger charge is 2.22. The van der Waals surface area contributed by atoms with Crippen LogP contribution in [0.1, 0.15) is 24.5 Å². The number of tetrazole rings is 1. The fraction of sp³-hybridized carbons (Fsp3) is 0.333. The zero-order valence-corrected chi connectivity index (χ0v) is 13.9. The molecule has 10 heteroatoms. The fourth-order valence-corrected chi connectivity index (χ4v) is 1.91. The summed E-state index contributed by atoms with van der Waals surface area (Å²) in [4.78, 5) is 27.8. The Labute approximate surface area is 143 Å². The molecule has 0 spiro atoms. The van der Waals surface area contributed by atoms with Crippen LogP contribution in [0.5, 0.6) is 0 Å². The summed E-state index contributed by atoms with van der Waals surface area (Å²) in [5, 5.41) is 25.9. The van der Waals surface area contributed by atoms with E-state index in [2.05, 4.69) is 43.7 Å². The highest BCUT2D eigenvalue weighted by Crippen LogP contribution is 2.04. The first-order chi connectivity index (χ1) is 11.9. The third kappa shape index (κ3) is 4.51. The predicted octanol–water partition coefficient (Wildman–Crippen LogP) is -0.0592. The summed E-state index contributed by atoms with van der Waals surface area (Å²) >= 11 is 0. The standard InChI is InChI=1S/C15H18N8O2/c1-9(2)14(24)18-8-11(7-16)10(3)19-15(25)13-20-22-23(21-13)12-5-4-6-17-12/h4-6,10-11,17H,1,8H2,2-3H3,(H,18,24)(H,19,25). The van der Waals surface area contributed by atoms with Gasteiger partial charge in [-0.25, -0.2) is 0 Å². The number of hydrogen-bond donors (Lipinski definition) is 3. The molecule has 25 heavy (non-hydrogen) atoms. The second kappa shape index (κ2) is 7.87. The third-order valence-electron chi connectivity index (χ3n) is 3.41. The van der Waals surface area contributed by atoms with Gasteiger partial charge in [-0.3, -0.25) is 9.59 Å². The van der Waals surface area contributed by atoms with Gasteiger partial charge in [0.15, 0.2) is 5.82 Å². The summed E-state index contributed by atoms with van der Waals surface area (Å²) in [7, 11) is 0. The van der Waals surface area contributed by atoms with Crippen LogP contribution in [0.15, 0.2) is 30.5 Å². The molecule has 0 fully saturated rings. The molecule has 0 bridgehead atoms. The number of nitrogens with one attached hydrogen (secondary N) is 3. The number of rotatable bonds is 7. The van der Waals surface area contributed by atoms with E-state index >= 15 is 0 Å². The average molecular weight is 342 g/mol. The van der Waals surface area contributed by atoms with Gasteiger partial charge >= 0.3 is 0 Å². The van der Waals surface area contributed by atoms with E-state index in [1.807, 2.05) is 0 Å². The Morgan fingerprint density at radius 2 is 2.28 bits per heavy atom. The molecular weight excluding hydrogens is 324 g/mol. The Balaban J connectivity index is 1.95. The van der Waals surface area contributed by atoms with E-state index < -0.39 is 17.9 Å². The Morgan fingerprint density at radius 1 is 1.52 bits per heavy atom. The van der Waals surface area contributed by atoms with Gasteiger partial charge in [-0.15, -0.1) is 15.0 Å². The number of nitriles is 1. The summed E-state index contributed by atoms with van der Waals surface area (Å²) in [5.74, 6) is -1.07. The molecule has 0 aliphatic heterocycles. The molecule has 0 radical (unpaired) electrons. The highest BCUT2D eigenvalue weighted by atomic mass is 16.2. The lowest BCUT2D eigenvalue weighted by molar-refractivity contribution is -0.117. The molecule has 2 amide bonds. The van der Waals surface area contributed by atoms with Gasteiger partial charge in [-0.1, -0.05) is 6.58 Å². The molecule has 2 rings (SSSR count). The number of carbonyl (C=O) groups is 2. The van der Waals surface area contributed by atoms with Crippen molar-refractivity contribution in [2.75, 3.05) is 6.54 Å². The molecule has 2 unspecified atom stereocenters. The van der Waals surface area contributed by atoms with Crippen molar-refractivity contribution in [1.82, 2.24) is 35.8 Å². The summed E-state index contributed by atoms with van der Waals surface area (Å²) in [6, 6.07) is 5.01. The van der Waals surface area contributed by atoms with Gasteiger partial charge in [0.1, 0.15) is 0 Å². The molecule has 0 aliphatic rings. The van der Waals surface area contributed by atoms with E-state index in [0.717, 1.165) is 0 Å². The van der Waals surface area contributed by atoms with Crippen molar-refractivity contribution >= 4 is 11.8 Å². The van der Waals surface area contributed by atoms with Gasteiger partial charge in [0, 0.05) is 24.4 Å². The van der Waals surface area contributed by atoms with Crippen LogP contribution in [0.4, 0.5) is 0 Å². The molecule has 3 N–H and O–H groups in total. The van der Waals surface area contributed by atoms with Crippen molar-refractivity contribution in [2.45, 2.75) is 19.9 Å². The van der Waals surface area contributed by atoms with Crippen LogP contribution >= 0.6 is 0 Å². The van der Waals surface area contributed by atoms with Gasteiger partial charge in [0.05, 0.1) is 12.0 Å². The van der Waals surface area contributed by atoms with E-state index in [4.69, 9.17) is 0 Å². The second-order valence-electron chi connectivity index (χ2n) is 5.45. The lowest BCUT2D eigenvalue weighted by Crippen LogP contribution is -2.43. The van der Waals surface area contributed by atoms with Crippen LogP contribution in [0, 0.1) is 17.2 Å². The maximum absolute atomic E-state index is 12.2. The molecule has 2 aromatic heterocycles. The van der Waals surface area contributed by atoms with Gasteiger partial charge in [-0.2, -0.15) is 5.26 Å². The van der Waals surface area contributed by atoms with E-state index in [1.54, 1.807) is 32.2 Å². The number of H-pyrrole nitrogens is 1. The van der Waals surface area contributed by atoms with E-state index in [0.29, 0.717) is 11.4 Å². The normalized spacial score (nSPS) is 12.7. The maximum atomic E-state index is 12.2. The van der Waals surface area contributed by atoms with E-state index in [9.17, 15) is 14.9 Å². The molecule has 2 heterocycles. The summed E-state index contributed by atoms with van der Waals surface area (Å²) < 4.78 is 0. The van der Waals surface area contributed by atoms with Crippen LogP contribution < -0.4 is 10.6 Å². The van der Waals surface area contributed by atoms with Crippen molar-refractivity contribution in [3.63, 3.8) is 0 Å². The lowest BCUT2D eigenvalue weighted by atomic mass is 10.0. The van der Waals surface area contributed by atoms with Crippen LogP contribution in [0.3, 0.4) is 0 Å². The molecule has 0 saturated heterocycles. The third-order valence-corrected chi connectivity index (χ3v) is 3.41. The molecular formula is C15H18N8O2. The zero-order chi connectivity index (χ0) is 18.4. The van der Waals surface area contributed by atoms with E-state index in [-0.39, 0.29) is 18.3 Å². The topological polar surface area (TPSA) is 141 Å². The lowest BCUT2D eigenvalue weighted by Gasteiger charge is -2.18.